The number of aromatic amines is 1. The SMILES string of the molecule is O=C1CCC(N2Cc3cc(C[C@H]4CCCC[C@@H]4N[C@H]4CCc5c(C(F)(F)F)n[nH]c5C4)ccc3C2=O)C(=O)N1. The summed E-state index contributed by atoms with van der Waals surface area (Å²) in [5.74, 6) is -0.507. The summed E-state index contributed by atoms with van der Waals surface area (Å²) in [7, 11) is 0. The molecule has 3 amide bonds. The van der Waals surface area contributed by atoms with Crippen molar-refractivity contribution in [1.29, 1.82) is 0 Å². The molecule has 1 aromatic heterocycles. The highest BCUT2D eigenvalue weighted by Crippen LogP contribution is 2.36. The van der Waals surface area contributed by atoms with E-state index >= 15 is 0 Å². The second kappa shape index (κ2) is 10.1. The number of alkyl halides is 3. The van der Waals surface area contributed by atoms with Gasteiger partial charge in [-0.15, -0.1) is 0 Å². The van der Waals surface area contributed by atoms with E-state index in [1.54, 1.807) is 4.90 Å². The number of amides is 3. The Bertz CT molecular complexity index is 1310. The fraction of sp³-hybridized carbons (Fsp3) is 0.571. The number of fused-ring (bicyclic) bond motifs is 2. The van der Waals surface area contributed by atoms with Gasteiger partial charge in [-0.25, -0.2) is 0 Å². The van der Waals surface area contributed by atoms with Crippen molar-refractivity contribution in [2.45, 2.75) is 95.1 Å². The number of benzene rings is 1. The molecule has 8 nitrogen and oxygen atoms in total. The van der Waals surface area contributed by atoms with Crippen molar-refractivity contribution >= 4 is 17.7 Å². The normalized spacial score (nSPS) is 27.4. The number of hydrogen-bond donors (Lipinski definition) is 3. The lowest BCUT2D eigenvalue weighted by molar-refractivity contribution is -0.142. The Morgan fingerprint density at radius 1 is 1.05 bits per heavy atom. The number of nitrogens with one attached hydrogen (secondary N) is 3. The second-order valence-electron chi connectivity index (χ2n) is 11.4. The first-order chi connectivity index (χ1) is 18.7. The van der Waals surface area contributed by atoms with Crippen LogP contribution >= 0.6 is 0 Å². The van der Waals surface area contributed by atoms with Gasteiger partial charge in [0.15, 0.2) is 5.69 Å². The highest BCUT2D eigenvalue weighted by atomic mass is 19.4. The van der Waals surface area contributed by atoms with E-state index in [1.165, 1.54) is 0 Å². The van der Waals surface area contributed by atoms with Crippen LogP contribution in [0.2, 0.25) is 0 Å². The van der Waals surface area contributed by atoms with E-state index in [2.05, 4.69) is 26.9 Å². The largest absolute Gasteiger partial charge is 0.435 e. The Morgan fingerprint density at radius 2 is 1.87 bits per heavy atom. The van der Waals surface area contributed by atoms with E-state index < -0.39 is 23.8 Å². The number of carbonyl (C=O) groups is 3. The molecule has 0 radical (unpaired) electrons. The van der Waals surface area contributed by atoms with E-state index in [9.17, 15) is 27.6 Å². The van der Waals surface area contributed by atoms with Crippen LogP contribution in [0.3, 0.4) is 0 Å². The third-order valence-electron chi connectivity index (χ3n) is 8.86. The predicted molar refractivity (Wildman–Crippen MR) is 134 cm³/mol. The second-order valence-corrected chi connectivity index (χ2v) is 11.4. The van der Waals surface area contributed by atoms with Crippen molar-refractivity contribution in [1.82, 2.24) is 25.7 Å². The fourth-order valence-electron chi connectivity index (χ4n) is 6.91. The highest BCUT2D eigenvalue weighted by Gasteiger charge is 2.41. The molecule has 0 spiro atoms. The molecule has 2 aliphatic carbocycles. The molecule has 1 saturated heterocycles. The van der Waals surface area contributed by atoms with E-state index in [-0.39, 0.29) is 30.3 Å². The van der Waals surface area contributed by atoms with Crippen LogP contribution in [0.1, 0.15) is 83.4 Å². The zero-order valence-electron chi connectivity index (χ0n) is 21.6. The third kappa shape index (κ3) is 5.08. The quantitative estimate of drug-likeness (QED) is 0.501. The lowest BCUT2D eigenvalue weighted by Gasteiger charge is -2.36. The number of imide groups is 1. The fourth-order valence-corrected chi connectivity index (χ4v) is 6.91. The highest BCUT2D eigenvalue weighted by molar-refractivity contribution is 6.05. The molecule has 11 heteroatoms. The molecule has 1 saturated carbocycles. The first-order valence-electron chi connectivity index (χ1n) is 13.8. The first-order valence-corrected chi connectivity index (χ1v) is 13.8. The van der Waals surface area contributed by atoms with Gasteiger partial charge in [0, 0.05) is 48.3 Å². The van der Waals surface area contributed by atoms with Gasteiger partial charge < -0.3 is 10.2 Å². The Kier molecular flexibility index (Phi) is 6.73. The van der Waals surface area contributed by atoms with Gasteiger partial charge in [0.05, 0.1) is 0 Å². The van der Waals surface area contributed by atoms with Crippen LogP contribution in [0.15, 0.2) is 18.2 Å². The molecule has 1 aromatic carbocycles. The zero-order chi connectivity index (χ0) is 27.3. The number of nitrogens with zero attached hydrogens (tertiary/aromatic N) is 2. The van der Waals surface area contributed by atoms with Crippen LogP contribution in [0, 0.1) is 5.92 Å². The number of H-pyrrole nitrogens is 1. The van der Waals surface area contributed by atoms with Crippen LogP contribution in [-0.2, 0) is 41.6 Å². The Balaban J connectivity index is 1.11. The predicted octanol–water partition coefficient (Wildman–Crippen LogP) is 3.44. The van der Waals surface area contributed by atoms with Gasteiger partial charge in [-0.3, -0.25) is 24.8 Å². The van der Waals surface area contributed by atoms with Gasteiger partial charge in [0.25, 0.3) is 5.91 Å². The minimum atomic E-state index is -4.43. The smallest absolute Gasteiger partial charge is 0.322 e. The third-order valence-corrected chi connectivity index (χ3v) is 8.86. The Labute approximate surface area is 224 Å². The summed E-state index contributed by atoms with van der Waals surface area (Å²) >= 11 is 0. The molecule has 0 bridgehead atoms. The van der Waals surface area contributed by atoms with Crippen molar-refractivity contribution in [3.8, 4) is 0 Å². The Hall–Kier alpha value is -3.21. The minimum absolute atomic E-state index is 0.101. The average molecular weight is 544 g/mol. The van der Waals surface area contributed by atoms with Crippen LogP contribution in [0.5, 0.6) is 0 Å². The molecular weight excluding hydrogens is 511 g/mol. The number of piperidine rings is 1. The maximum Gasteiger partial charge on any atom is 0.435 e. The minimum Gasteiger partial charge on any atom is -0.322 e. The summed E-state index contributed by atoms with van der Waals surface area (Å²) in [5, 5.41) is 12.3. The van der Waals surface area contributed by atoms with Gasteiger partial charge in [0.2, 0.25) is 11.8 Å². The van der Waals surface area contributed by atoms with Gasteiger partial charge >= 0.3 is 6.18 Å². The number of carbonyl (C=O) groups excluding carboxylic acids is 3. The number of rotatable bonds is 5. The van der Waals surface area contributed by atoms with Gasteiger partial charge in [0.1, 0.15) is 6.04 Å². The van der Waals surface area contributed by atoms with Crippen LogP contribution in [-0.4, -0.2) is 50.9 Å². The van der Waals surface area contributed by atoms with Crippen molar-refractivity contribution in [3.63, 3.8) is 0 Å². The lowest BCUT2D eigenvalue weighted by Crippen LogP contribution is -2.52. The summed E-state index contributed by atoms with van der Waals surface area (Å²) in [5.41, 5.74) is 2.76. The monoisotopic (exact) mass is 543 g/mol. The summed E-state index contributed by atoms with van der Waals surface area (Å²) < 4.78 is 39.7. The molecule has 4 aliphatic rings. The molecule has 6 rings (SSSR count). The van der Waals surface area contributed by atoms with Crippen molar-refractivity contribution in [2.75, 3.05) is 0 Å². The van der Waals surface area contributed by atoms with E-state index in [0.717, 1.165) is 43.2 Å². The molecule has 1 unspecified atom stereocenters. The molecule has 39 heavy (non-hydrogen) atoms. The summed E-state index contributed by atoms with van der Waals surface area (Å²) in [6, 6.07) is 5.65. The van der Waals surface area contributed by atoms with Crippen molar-refractivity contribution in [3.05, 3.63) is 51.8 Å². The summed E-state index contributed by atoms with van der Waals surface area (Å²) in [6.45, 7) is 0.356. The Morgan fingerprint density at radius 3 is 2.67 bits per heavy atom. The molecule has 208 valence electrons. The zero-order valence-corrected chi connectivity index (χ0v) is 21.6. The van der Waals surface area contributed by atoms with Gasteiger partial charge in [-0.05, 0) is 61.6 Å². The van der Waals surface area contributed by atoms with Crippen LogP contribution < -0.4 is 10.6 Å². The standard InChI is InChI=1S/C28H32F3N5O3/c29-28(30,31)25-20-8-6-18(13-22(20)34-35-25)32-21-4-2-1-3-16(21)11-15-5-7-19-17(12-15)14-36(27(19)39)23-9-10-24(37)33-26(23)38/h5,7,12,16,18,21,23,32H,1-4,6,8-11,13-14H2,(H,34,35)(H,33,37,38)/t16-,18+,21+,23?/m1/s1. The maximum absolute atomic E-state index is 13.2. The molecule has 2 aliphatic heterocycles. The van der Waals surface area contributed by atoms with Crippen LogP contribution in [0.4, 0.5) is 13.2 Å². The average Bonchev–Trinajstić information content (AvgIpc) is 3.46. The number of aromatic nitrogens is 2. The topological polar surface area (TPSA) is 107 Å². The molecule has 4 atom stereocenters. The van der Waals surface area contributed by atoms with E-state index in [1.807, 2.05) is 12.1 Å². The van der Waals surface area contributed by atoms with Gasteiger partial charge in [-0.2, -0.15) is 18.3 Å². The maximum atomic E-state index is 13.2. The lowest BCUT2D eigenvalue weighted by atomic mass is 9.79. The van der Waals surface area contributed by atoms with Crippen molar-refractivity contribution in [2.24, 2.45) is 5.92 Å². The van der Waals surface area contributed by atoms with Gasteiger partial charge in [-0.1, -0.05) is 25.0 Å². The molecule has 3 N–H and O–H groups in total. The molecular formula is C28H32F3N5O3. The van der Waals surface area contributed by atoms with Crippen LogP contribution in [0.25, 0.3) is 0 Å². The summed E-state index contributed by atoms with van der Waals surface area (Å²) in [4.78, 5) is 38.5. The molecule has 3 heterocycles. The number of hydrogen-bond acceptors (Lipinski definition) is 5. The van der Waals surface area contributed by atoms with E-state index in [0.29, 0.717) is 55.0 Å². The van der Waals surface area contributed by atoms with Crippen molar-refractivity contribution < 1.29 is 27.6 Å². The summed E-state index contributed by atoms with van der Waals surface area (Å²) in [6.07, 6.45) is 2.85. The van der Waals surface area contributed by atoms with E-state index in [4.69, 9.17) is 0 Å². The molecule has 2 fully saturated rings. The molecule has 2 aromatic rings. The first kappa shape index (κ1) is 26.0. The number of halogens is 3.